The zero-order chi connectivity index (χ0) is 34.8. The summed E-state index contributed by atoms with van der Waals surface area (Å²) in [5, 5.41) is 4.45. The van der Waals surface area contributed by atoms with Gasteiger partial charge in [-0.2, -0.15) is 0 Å². The molecule has 8 rings (SSSR count). The summed E-state index contributed by atoms with van der Waals surface area (Å²) >= 11 is 0. The van der Waals surface area contributed by atoms with E-state index in [2.05, 4.69) is 100 Å². The molecule has 2 aliphatic carbocycles. The van der Waals surface area contributed by atoms with Crippen molar-refractivity contribution in [1.29, 1.82) is 0 Å². The van der Waals surface area contributed by atoms with Crippen molar-refractivity contribution in [3.63, 3.8) is 0 Å². The molecule has 260 valence electrons. The highest BCUT2D eigenvalue weighted by molar-refractivity contribution is 6.03. The molecule has 0 unspecified atom stereocenters. The van der Waals surface area contributed by atoms with Crippen LogP contribution in [0.15, 0.2) is 85.2 Å². The van der Waals surface area contributed by atoms with Crippen LogP contribution in [-0.4, -0.2) is 32.1 Å². The number of pyridine rings is 4. The Morgan fingerprint density at radius 3 is 1.28 bits per heavy atom. The number of aromatic nitrogens is 4. The Bertz CT molecular complexity index is 1930. The Kier molecular flexibility index (Phi) is 10.2. The van der Waals surface area contributed by atoms with Crippen LogP contribution >= 0.6 is 0 Å². The quantitative estimate of drug-likeness (QED) is 0.165. The van der Waals surface area contributed by atoms with Gasteiger partial charge in [-0.1, -0.05) is 90.8 Å². The predicted octanol–water partition coefficient (Wildman–Crippen LogP) is 11.2. The van der Waals surface area contributed by atoms with Crippen molar-refractivity contribution in [1.82, 2.24) is 19.9 Å². The first kappa shape index (κ1) is 34.1. The molecule has 6 nitrogen and oxygen atoms in total. The second-order valence-electron chi connectivity index (χ2n) is 15.7. The normalized spacial score (nSPS) is 24.1. The van der Waals surface area contributed by atoms with Gasteiger partial charge in [0.2, 0.25) is 11.8 Å². The van der Waals surface area contributed by atoms with Crippen LogP contribution in [0.2, 0.25) is 0 Å². The van der Waals surface area contributed by atoms with Crippen LogP contribution in [0, 0.1) is 35.5 Å². The monoisotopic (exact) mass is 668 g/mol. The minimum atomic E-state index is 0.261. The maximum Gasteiger partial charge on any atom is 0.214 e. The molecule has 4 aromatic heterocycles. The molecule has 50 heavy (non-hydrogen) atoms. The van der Waals surface area contributed by atoms with Gasteiger partial charge in [-0.15, -0.1) is 0 Å². The summed E-state index contributed by atoms with van der Waals surface area (Å²) in [6.45, 7) is 13.9. The number of ether oxygens (including phenoxy) is 2. The van der Waals surface area contributed by atoms with Gasteiger partial charge in [-0.3, -0.25) is 9.97 Å². The summed E-state index contributed by atoms with van der Waals surface area (Å²) in [5.41, 5.74) is 3.76. The number of benzene rings is 2. The fourth-order valence-corrected chi connectivity index (χ4v) is 8.35. The van der Waals surface area contributed by atoms with Crippen molar-refractivity contribution in [2.75, 3.05) is 0 Å². The Morgan fingerprint density at radius 1 is 0.500 bits per heavy atom. The minimum Gasteiger partial charge on any atom is -0.474 e. The largest absolute Gasteiger partial charge is 0.474 e. The van der Waals surface area contributed by atoms with Crippen LogP contribution in [-0.2, 0) is 0 Å². The van der Waals surface area contributed by atoms with Crippen molar-refractivity contribution < 1.29 is 9.47 Å². The molecule has 2 aliphatic rings. The van der Waals surface area contributed by atoms with Crippen molar-refractivity contribution >= 4 is 43.6 Å². The molecule has 2 aromatic carbocycles. The Morgan fingerprint density at radius 2 is 0.880 bits per heavy atom. The first-order valence-corrected chi connectivity index (χ1v) is 18.9. The van der Waals surface area contributed by atoms with Crippen molar-refractivity contribution in [2.45, 2.75) is 92.3 Å². The van der Waals surface area contributed by atoms with Gasteiger partial charge in [0.1, 0.15) is 23.2 Å². The van der Waals surface area contributed by atoms with Crippen molar-refractivity contribution in [3.05, 3.63) is 85.2 Å². The molecule has 2 fully saturated rings. The Hall–Kier alpha value is -4.32. The smallest absolute Gasteiger partial charge is 0.214 e. The number of hydrogen-bond donors (Lipinski definition) is 0. The molecule has 0 bridgehead atoms. The van der Waals surface area contributed by atoms with E-state index in [1.165, 1.54) is 25.7 Å². The summed E-state index contributed by atoms with van der Waals surface area (Å²) in [4.78, 5) is 18.7. The molecule has 0 amide bonds. The zero-order valence-corrected chi connectivity index (χ0v) is 30.5. The average molecular weight is 669 g/mol. The number of hydrogen-bond acceptors (Lipinski definition) is 6. The molecular weight excluding hydrogens is 617 g/mol. The lowest BCUT2D eigenvalue weighted by Crippen LogP contribution is -2.36. The lowest BCUT2D eigenvalue weighted by atomic mass is 9.75. The zero-order valence-electron chi connectivity index (χ0n) is 30.5. The number of fused-ring (bicyclic) bond motifs is 6. The van der Waals surface area contributed by atoms with Crippen molar-refractivity contribution in [2.24, 2.45) is 35.5 Å². The Labute approximate surface area is 297 Å². The van der Waals surface area contributed by atoms with Gasteiger partial charge in [0.15, 0.2) is 0 Å². The highest BCUT2D eigenvalue weighted by atomic mass is 16.5. The maximum atomic E-state index is 6.42. The fraction of sp³-hybridized carbons (Fsp3) is 0.455. The molecular formula is C44H52N4O2. The van der Waals surface area contributed by atoms with E-state index in [0.717, 1.165) is 80.0 Å². The van der Waals surface area contributed by atoms with E-state index in [-0.39, 0.29) is 12.2 Å². The number of nitrogens with zero attached hydrogens (tertiary/aromatic N) is 4. The summed E-state index contributed by atoms with van der Waals surface area (Å²) in [7, 11) is 0. The van der Waals surface area contributed by atoms with Crippen LogP contribution in [0.1, 0.15) is 80.1 Å². The topological polar surface area (TPSA) is 70.0 Å². The van der Waals surface area contributed by atoms with Gasteiger partial charge in [-0.25, -0.2) is 9.97 Å². The molecule has 0 aliphatic heterocycles. The molecule has 6 heteroatoms. The van der Waals surface area contributed by atoms with E-state index >= 15 is 0 Å². The summed E-state index contributed by atoms with van der Waals surface area (Å²) < 4.78 is 12.8. The SMILES string of the molecule is CC(C)[C@@H]1CC[C@@H](C)C[C@H]1Oc1ccc2ccc3cccnc3c2n1.CC(C)[C@@H]1CC[C@@H](C)C[C@H]1Oc1ccc2ccc3cccnc3c2n1. The van der Waals surface area contributed by atoms with E-state index in [1.807, 2.05) is 36.7 Å². The third-order valence-electron chi connectivity index (χ3n) is 11.3. The highest BCUT2D eigenvalue weighted by Gasteiger charge is 2.33. The summed E-state index contributed by atoms with van der Waals surface area (Å²) in [5.74, 6) is 5.41. The van der Waals surface area contributed by atoms with Crippen LogP contribution in [0.4, 0.5) is 0 Å². The first-order valence-electron chi connectivity index (χ1n) is 18.9. The summed E-state index contributed by atoms with van der Waals surface area (Å²) in [6.07, 6.45) is 11.5. The van der Waals surface area contributed by atoms with Gasteiger partial charge >= 0.3 is 0 Å². The lowest BCUT2D eigenvalue weighted by Gasteiger charge is -2.37. The molecule has 0 spiro atoms. The van der Waals surface area contributed by atoms with E-state index in [1.54, 1.807) is 0 Å². The van der Waals surface area contributed by atoms with Crippen LogP contribution < -0.4 is 9.47 Å². The molecule has 0 N–H and O–H groups in total. The third-order valence-corrected chi connectivity index (χ3v) is 11.3. The van der Waals surface area contributed by atoms with Gasteiger partial charge in [0.05, 0.1) is 11.0 Å². The lowest BCUT2D eigenvalue weighted by molar-refractivity contribution is 0.0427. The number of rotatable bonds is 6. The van der Waals surface area contributed by atoms with Gasteiger partial charge in [-0.05, 0) is 85.5 Å². The van der Waals surface area contributed by atoms with E-state index < -0.39 is 0 Å². The van der Waals surface area contributed by atoms with E-state index in [4.69, 9.17) is 19.4 Å². The molecule has 4 heterocycles. The van der Waals surface area contributed by atoms with Crippen LogP contribution in [0.5, 0.6) is 11.8 Å². The molecule has 0 saturated heterocycles. The Balaban J connectivity index is 0.000000157. The second kappa shape index (κ2) is 14.9. The van der Waals surface area contributed by atoms with Crippen molar-refractivity contribution in [3.8, 4) is 11.8 Å². The second-order valence-corrected chi connectivity index (χ2v) is 15.7. The van der Waals surface area contributed by atoms with E-state index in [9.17, 15) is 0 Å². The average Bonchev–Trinajstić information content (AvgIpc) is 3.11. The fourth-order valence-electron chi connectivity index (χ4n) is 8.35. The molecule has 6 aromatic rings. The van der Waals surface area contributed by atoms with Crippen LogP contribution in [0.25, 0.3) is 43.6 Å². The third kappa shape index (κ3) is 7.40. The minimum absolute atomic E-state index is 0.261. The predicted molar refractivity (Wildman–Crippen MR) is 206 cm³/mol. The van der Waals surface area contributed by atoms with Gasteiger partial charge in [0, 0.05) is 46.1 Å². The summed E-state index contributed by atoms with van der Waals surface area (Å²) in [6, 6.07) is 24.7. The molecule has 6 atom stereocenters. The van der Waals surface area contributed by atoms with E-state index in [0.29, 0.717) is 23.7 Å². The molecule has 2 saturated carbocycles. The van der Waals surface area contributed by atoms with Crippen LogP contribution in [0.3, 0.4) is 0 Å². The molecule has 0 radical (unpaired) electrons. The maximum absolute atomic E-state index is 6.42. The van der Waals surface area contributed by atoms with Gasteiger partial charge < -0.3 is 9.47 Å². The standard InChI is InChI=1S/2C22H26N2O/c2*1-14(2)18-10-6-15(3)13-19(18)25-20-11-9-17-8-7-16-5-4-12-23-21(16)22(17)24-20/h2*4-5,7-9,11-12,14-15,18-19H,6,10,13H2,1-3H3/t2*15-,18+,19-/m11/s1. The highest BCUT2D eigenvalue weighted by Crippen LogP contribution is 2.38. The van der Waals surface area contributed by atoms with Gasteiger partial charge in [0.25, 0.3) is 0 Å². The first-order chi connectivity index (χ1) is 24.2.